The Kier molecular flexibility index (Phi) is 5.74. The molecule has 3 saturated carbocycles. The molecule has 0 aromatic carbocycles. The molecule has 0 saturated heterocycles. The SMILES string of the molecule is CC=C(C)C(=O)OC(C)C1(O)CCC2(O)C3(O)CC=C4CC(O)CCC4(C)C3CC(O)C12C. The fourth-order valence-electron chi connectivity index (χ4n) is 7.82. The summed E-state index contributed by atoms with van der Waals surface area (Å²) in [7, 11) is 0. The quantitative estimate of drug-likeness (QED) is 0.246. The molecule has 0 heterocycles. The van der Waals surface area contributed by atoms with Crippen LogP contribution in [0.3, 0.4) is 0 Å². The molecule has 0 radical (unpaired) electrons. The largest absolute Gasteiger partial charge is 0.456 e. The first-order valence-corrected chi connectivity index (χ1v) is 12.3. The Bertz CT molecular complexity index is 897. The molecule has 0 bridgehead atoms. The van der Waals surface area contributed by atoms with Gasteiger partial charge in [-0.1, -0.05) is 31.6 Å². The minimum Gasteiger partial charge on any atom is -0.456 e. The molecule has 4 aliphatic carbocycles. The molecule has 4 aliphatic rings. The second-order valence-corrected chi connectivity index (χ2v) is 11.5. The van der Waals surface area contributed by atoms with Crippen molar-refractivity contribution in [2.24, 2.45) is 16.7 Å². The van der Waals surface area contributed by atoms with Crippen molar-refractivity contribution in [1.29, 1.82) is 0 Å². The van der Waals surface area contributed by atoms with Crippen LogP contribution in [0.5, 0.6) is 0 Å². The predicted molar refractivity (Wildman–Crippen MR) is 122 cm³/mol. The second kappa shape index (κ2) is 7.62. The average molecular weight is 465 g/mol. The lowest BCUT2D eigenvalue weighted by atomic mass is 9.42. The maximum absolute atomic E-state index is 12.4. The number of carbonyl (C=O) groups is 1. The van der Waals surface area contributed by atoms with Crippen LogP contribution in [0.25, 0.3) is 0 Å². The zero-order valence-corrected chi connectivity index (χ0v) is 20.5. The number of rotatable bonds is 3. The number of carbonyl (C=O) groups excluding carboxylic acids is 1. The highest BCUT2D eigenvalue weighted by atomic mass is 16.6. The van der Waals surface area contributed by atoms with Crippen LogP contribution in [0.1, 0.15) is 79.6 Å². The minimum absolute atomic E-state index is 0.0798. The van der Waals surface area contributed by atoms with Crippen LogP contribution >= 0.6 is 0 Å². The molecular weight excluding hydrogens is 424 g/mol. The summed E-state index contributed by atoms with van der Waals surface area (Å²) in [4.78, 5) is 12.4. The molecule has 0 amide bonds. The van der Waals surface area contributed by atoms with E-state index in [1.165, 1.54) is 0 Å². The Hall–Kier alpha value is -1.25. The first-order chi connectivity index (χ1) is 15.2. The van der Waals surface area contributed by atoms with Crippen molar-refractivity contribution in [3.8, 4) is 0 Å². The molecule has 7 nitrogen and oxygen atoms in total. The van der Waals surface area contributed by atoms with E-state index in [4.69, 9.17) is 4.74 Å². The number of allylic oxidation sites excluding steroid dienone is 1. The van der Waals surface area contributed by atoms with Gasteiger partial charge in [0.25, 0.3) is 0 Å². The Balaban J connectivity index is 1.76. The lowest BCUT2D eigenvalue weighted by molar-refractivity contribution is -0.325. The molecule has 0 aromatic heterocycles. The summed E-state index contributed by atoms with van der Waals surface area (Å²) >= 11 is 0. The summed E-state index contributed by atoms with van der Waals surface area (Å²) in [5.74, 6) is -0.978. The number of esters is 1. The van der Waals surface area contributed by atoms with Gasteiger partial charge in [-0.2, -0.15) is 0 Å². The number of aliphatic hydroxyl groups excluding tert-OH is 2. The smallest absolute Gasteiger partial charge is 0.333 e. The van der Waals surface area contributed by atoms with Gasteiger partial charge in [0.05, 0.1) is 17.6 Å². The van der Waals surface area contributed by atoms with E-state index in [2.05, 4.69) is 6.92 Å². The number of hydrogen-bond donors (Lipinski definition) is 5. The Labute approximate surface area is 196 Å². The first-order valence-electron chi connectivity index (χ1n) is 12.3. The van der Waals surface area contributed by atoms with Gasteiger partial charge in [-0.15, -0.1) is 0 Å². The Morgan fingerprint density at radius 1 is 1.18 bits per heavy atom. The maximum atomic E-state index is 12.4. The molecular formula is C26H40O7. The number of aliphatic hydroxyl groups is 5. The second-order valence-electron chi connectivity index (χ2n) is 11.5. The van der Waals surface area contributed by atoms with Crippen LogP contribution in [0.2, 0.25) is 0 Å². The topological polar surface area (TPSA) is 127 Å². The van der Waals surface area contributed by atoms with Gasteiger partial charge in [0.2, 0.25) is 0 Å². The molecule has 9 unspecified atom stereocenters. The van der Waals surface area contributed by atoms with Crippen LogP contribution < -0.4 is 0 Å². The van der Waals surface area contributed by atoms with Crippen molar-refractivity contribution in [3.05, 3.63) is 23.3 Å². The molecule has 0 aromatic rings. The van der Waals surface area contributed by atoms with Gasteiger partial charge in [-0.3, -0.25) is 0 Å². The van der Waals surface area contributed by atoms with E-state index in [0.717, 1.165) is 5.57 Å². The zero-order chi connectivity index (χ0) is 24.6. The molecule has 4 rings (SSSR count). The van der Waals surface area contributed by atoms with E-state index in [-0.39, 0.29) is 25.7 Å². The van der Waals surface area contributed by atoms with E-state index in [0.29, 0.717) is 24.8 Å². The van der Waals surface area contributed by atoms with Crippen LogP contribution in [0.4, 0.5) is 0 Å². The maximum Gasteiger partial charge on any atom is 0.333 e. The van der Waals surface area contributed by atoms with Crippen molar-refractivity contribution in [1.82, 2.24) is 0 Å². The molecule has 0 aliphatic heterocycles. The molecule has 5 N–H and O–H groups in total. The van der Waals surface area contributed by atoms with Crippen molar-refractivity contribution in [2.45, 2.75) is 115 Å². The first kappa shape index (κ1) is 24.9. The van der Waals surface area contributed by atoms with Crippen molar-refractivity contribution < 1.29 is 35.1 Å². The lowest BCUT2D eigenvalue weighted by Gasteiger charge is -2.67. The van der Waals surface area contributed by atoms with E-state index in [1.807, 2.05) is 6.08 Å². The van der Waals surface area contributed by atoms with Crippen LogP contribution in [0, 0.1) is 16.7 Å². The number of hydrogen-bond acceptors (Lipinski definition) is 7. The van der Waals surface area contributed by atoms with E-state index >= 15 is 0 Å². The average Bonchev–Trinajstić information content (AvgIpc) is 3.00. The van der Waals surface area contributed by atoms with Gasteiger partial charge >= 0.3 is 5.97 Å². The van der Waals surface area contributed by atoms with Crippen LogP contribution in [0.15, 0.2) is 23.3 Å². The van der Waals surface area contributed by atoms with Crippen LogP contribution in [-0.2, 0) is 9.53 Å². The van der Waals surface area contributed by atoms with Crippen molar-refractivity contribution >= 4 is 5.97 Å². The highest BCUT2D eigenvalue weighted by molar-refractivity contribution is 5.87. The molecule has 7 heteroatoms. The molecule has 33 heavy (non-hydrogen) atoms. The standard InChI is InChI=1S/C26H40O7/c1-6-15(2)21(29)33-16(3)24(30)11-12-26(32)23(24,5)20(28)14-19-22(4)9-8-18(27)13-17(22)7-10-25(19,26)31/h6-7,16,18-20,27-28,30-32H,8-14H2,1-5H3. The highest BCUT2D eigenvalue weighted by Crippen LogP contribution is 2.70. The lowest BCUT2D eigenvalue weighted by Crippen LogP contribution is -2.78. The van der Waals surface area contributed by atoms with Gasteiger partial charge in [0, 0.05) is 11.5 Å². The number of ether oxygens (including phenoxy) is 1. The summed E-state index contributed by atoms with van der Waals surface area (Å²) in [6.07, 6.45) is 3.41. The summed E-state index contributed by atoms with van der Waals surface area (Å²) < 4.78 is 5.58. The molecule has 3 fully saturated rings. The monoisotopic (exact) mass is 464 g/mol. The fraction of sp³-hybridized carbons (Fsp3) is 0.808. The van der Waals surface area contributed by atoms with E-state index in [9.17, 15) is 30.3 Å². The summed E-state index contributed by atoms with van der Waals surface area (Å²) in [5, 5.41) is 58.1. The minimum atomic E-state index is -1.78. The molecule has 0 spiro atoms. The molecule has 9 atom stereocenters. The predicted octanol–water partition coefficient (Wildman–Crippen LogP) is 2.14. The van der Waals surface area contributed by atoms with E-state index in [1.54, 1.807) is 33.8 Å². The van der Waals surface area contributed by atoms with Crippen molar-refractivity contribution in [2.75, 3.05) is 0 Å². The highest BCUT2D eigenvalue weighted by Gasteiger charge is 2.80. The Morgan fingerprint density at radius 3 is 2.48 bits per heavy atom. The third kappa shape index (κ3) is 2.95. The summed E-state index contributed by atoms with van der Waals surface area (Å²) in [5.41, 5.74) is -5.55. The zero-order valence-electron chi connectivity index (χ0n) is 20.5. The summed E-state index contributed by atoms with van der Waals surface area (Å²) in [6, 6.07) is 0. The van der Waals surface area contributed by atoms with Gasteiger partial charge in [-0.25, -0.2) is 4.79 Å². The van der Waals surface area contributed by atoms with Gasteiger partial charge in [0.15, 0.2) is 0 Å². The fourth-order valence-corrected chi connectivity index (χ4v) is 7.82. The summed E-state index contributed by atoms with van der Waals surface area (Å²) in [6.45, 7) is 8.62. The van der Waals surface area contributed by atoms with Crippen molar-refractivity contribution in [3.63, 3.8) is 0 Å². The van der Waals surface area contributed by atoms with Crippen LogP contribution in [-0.4, -0.2) is 66.6 Å². The Morgan fingerprint density at radius 2 is 1.85 bits per heavy atom. The van der Waals surface area contributed by atoms with Gasteiger partial charge < -0.3 is 30.3 Å². The third-order valence-electron chi connectivity index (χ3n) is 10.4. The molecule has 186 valence electrons. The normalized spacial score (nSPS) is 50.5. The third-order valence-corrected chi connectivity index (χ3v) is 10.4. The number of fused-ring (bicyclic) bond motifs is 5. The van der Waals surface area contributed by atoms with Gasteiger partial charge in [-0.05, 0) is 71.1 Å². The van der Waals surface area contributed by atoms with E-state index < -0.39 is 57.8 Å². The van der Waals surface area contributed by atoms with Gasteiger partial charge in [0.1, 0.15) is 22.9 Å².